The van der Waals surface area contributed by atoms with E-state index in [-0.39, 0.29) is 18.2 Å². The van der Waals surface area contributed by atoms with Crippen molar-refractivity contribution in [3.05, 3.63) is 29.3 Å². The molecule has 1 atom stereocenters. The molecule has 1 N–H and O–H groups in total. The molecule has 0 unspecified atom stereocenters. The molecular weight excluding hydrogens is 300 g/mol. The molecule has 0 aromatic heterocycles. The molecular formula is C18H21F2NO2. The fourth-order valence-corrected chi connectivity index (χ4v) is 2.98. The molecule has 0 bridgehead atoms. The Bertz CT molecular complexity index is 581. The Morgan fingerprint density at radius 3 is 2.52 bits per heavy atom. The van der Waals surface area contributed by atoms with Crippen LogP contribution in [0.1, 0.15) is 49.4 Å². The first kappa shape index (κ1) is 17.3. The second-order valence-corrected chi connectivity index (χ2v) is 5.92. The molecule has 0 aliphatic heterocycles. The van der Waals surface area contributed by atoms with Crippen molar-refractivity contribution in [3.63, 3.8) is 0 Å². The number of hydrogen-bond donors (Lipinski definition) is 1. The summed E-state index contributed by atoms with van der Waals surface area (Å²) in [5, 5.41) is 2.84. The van der Waals surface area contributed by atoms with Gasteiger partial charge in [-0.15, -0.1) is 6.42 Å². The number of carbonyl (C=O) groups excluding carboxylic acids is 1. The van der Waals surface area contributed by atoms with Crippen LogP contribution in [0, 0.1) is 29.9 Å². The lowest BCUT2D eigenvalue weighted by Crippen LogP contribution is -2.39. The van der Waals surface area contributed by atoms with Gasteiger partial charge in [0.1, 0.15) is 6.61 Å². The maximum Gasteiger partial charge on any atom is 0.251 e. The fraction of sp³-hybridized carbons (Fsp3) is 0.500. The lowest BCUT2D eigenvalue weighted by atomic mass is 9.84. The van der Waals surface area contributed by atoms with Gasteiger partial charge in [0.15, 0.2) is 17.4 Å². The summed E-state index contributed by atoms with van der Waals surface area (Å²) in [6, 6.07) is 1.92. The summed E-state index contributed by atoms with van der Waals surface area (Å²) in [5.41, 5.74) is -0.0595. The van der Waals surface area contributed by atoms with Crippen molar-refractivity contribution < 1.29 is 18.3 Å². The highest BCUT2D eigenvalue weighted by molar-refractivity contribution is 5.94. The second-order valence-electron chi connectivity index (χ2n) is 5.92. The number of halogens is 2. The average Bonchev–Trinajstić information content (AvgIpc) is 2.54. The van der Waals surface area contributed by atoms with E-state index in [0.29, 0.717) is 5.92 Å². The molecule has 2 rings (SSSR count). The minimum absolute atomic E-state index is 0.0220. The van der Waals surface area contributed by atoms with Gasteiger partial charge >= 0.3 is 0 Å². The van der Waals surface area contributed by atoms with Crippen molar-refractivity contribution in [2.75, 3.05) is 6.61 Å². The van der Waals surface area contributed by atoms with E-state index in [1.165, 1.54) is 6.42 Å². The van der Waals surface area contributed by atoms with Crippen LogP contribution in [0.4, 0.5) is 8.78 Å². The molecule has 1 aromatic rings. The highest BCUT2D eigenvalue weighted by Crippen LogP contribution is 2.27. The van der Waals surface area contributed by atoms with Crippen molar-refractivity contribution in [3.8, 4) is 18.1 Å². The largest absolute Gasteiger partial charge is 0.475 e. The quantitative estimate of drug-likeness (QED) is 0.840. The van der Waals surface area contributed by atoms with Gasteiger partial charge in [-0.1, -0.05) is 25.2 Å². The molecule has 0 spiro atoms. The van der Waals surface area contributed by atoms with E-state index in [2.05, 4.69) is 11.2 Å². The van der Waals surface area contributed by atoms with Crippen LogP contribution >= 0.6 is 0 Å². The first-order chi connectivity index (χ1) is 11.0. The van der Waals surface area contributed by atoms with Crippen LogP contribution < -0.4 is 10.1 Å². The van der Waals surface area contributed by atoms with Crippen LogP contribution in [-0.4, -0.2) is 18.6 Å². The number of benzene rings is 1. The SMILES string of the molecule is C#CCOc1c(F)cc(C(=O)N[C@@H](C)C2CCCCC2)cc1F. The number of nitrogens with one attached hydrogen (secondary N) is 1. The Kier molecular flexibility index (Phi) is 5.97. The summed E-state index contributed by atoms with van der Waals surface area (Å²) in [4.78, 5) is 12.2. The number of ether oxygens (including phenoxy) is 1. The van der Waals surface area contributed by atoms with E-state index in [0.717, 1.165) is 37.8 Å². The third kappa shape index (κ3) is 4.44. The Morgan fingerprint density at radius 2 is 1.96 bits per heavy atom. The van der Waals surface area contributed by atoms with Gasteiger partial charge in [-0.05, 0) is 37.8 Å². The van der Waals surface area contributed by atoms with Crippen LogP contribution in [0.15, 0.2) is 12.1 Å². The van der Waals surface area contributed by atoms with E-state index in [4.69, 9.17) is 11.2 Å². The van der Waals surface area contributed by atoms with Crippen LogP contribution in [-0.2, 0) is 0 Å². The minimum Gasteiger partial charge on any atom is -0.475 e. The summed E-state index contributed by atoms with van der Waals surface area (Å²) in [6.07, 6.45) is 10.7. The van der Waals surface area contributed by atoms with E-state index in [9.17, 15) is 13.6 Å². The maximum atomic E-state index is 13.9. The van der Waals surface area contributed by atoms with Gasteiger partial charge in [-0.25, -0.2) is 8.78 Å². The normalized spacial score (nSPS) is 16.4. The van der Waals surface area contributed by atoms with Crippen molar-refractivity contribution in [1.29, 1.82) is 0 Å². The molecule has 0 saturated heterocycles. The van der Waals surface area contributed by atoms with Gasteiger partial charge in [0.05, 0.1) is 0 Å². The molecule has 0 heterocycles. The third-order valence-corrected chi connectivity index (χ3v) is 4.28. The predicted octanol–water partition coefficient (Wildman–Crippen LogP) is 3.68. The maximum absolute atomic E-state index is 13.9. The van der Waals surface area contributed by atoms with E-state index >= 15 is 0 Å². The van der Waals surface area contributed by atoms with Crippen LogP contribution in [0.3, 0.4) is 0 Å². The zero-order chi connectivity index (χ0) is 16.8. The summed E-state index contributed by atoms with van der Waals surface area (Å²) >= 11 is 0. The molecule has 1 aromatic carbocycles. The summed E-state index contributed by atoms with van der Waals surface area (Å²) in [7, 11) is 0. The highest BCUT2D eigenvalue weighted by Gasteiger charge is 2.23. The molecule has 0 radical (unpaired) electrons. The van der Waals surface area contributed by atoms with Crippen molar-refractivity contribution in [2.24, 2.45) is 5.92 Å². The Hall–Kier alpha value is -2.09. The molecule has 1 aliphatic carbocycles. The number of amides is 1. The number of hydrogen-bond acceptors (Lipinski definition) is 2. The summed E-state index contributed by atoms with van der Waals surface area (Å²) in [5.74, 6) is -0.354. The van der Waals surface area contributed by atoms with Crippen LogP contribution in [0.5, 0.6) is 5.75 Å². The molecule has 124 valence electrons. The first-order valence-corrected chi connectivity index (χ1v) is 7.89. The molecule has 1 amide bonds. The minimum atomic E-state index is -0.935. The molecule has 1 aliphatic rings. The Balaban J connectivity index is 2.05. The predicted molar refractivity (Wildman–Crippen MR) is 84.2 cm³/mol. The smallest absolute Gasteiger partial charge is 0.251 e. The second kappa shape index (κ2) is 7.96. The molecule has 5 heteroatoms. The first-order valence-electron chi connectivity index (χ1n) is 7.89. The lowest BCUT2D eigenvalue weighted by molar-refractivity contribution is 0.0918. The van der Waals surface area contributed by atoms with Gasteiger partial charge in [-0.2, -0.15) is 0 Å². The topological polar surface area (TPSA) is 38.3 Å². The molecule has 23 heavy (non-hydrogen) atoms. The summed E-state index contributed by atoms with van der Waals surface area (Å²) in [6.45, 7) is 1.70. The number of rotatable bonds is 5. The highest BCUT2D eigenvalue weighted by atomic mass is 19.1. The average molecular weight is 321 g/mol. The van der Waals surface area contributed by atoms with Gasteiger partial charge in [0, 0.05) is 11.6 Å². The molecule has 1 fully saturated rings. The number of terminal acetylenes is 1. The fourth-order valence-electron chi connectivity index (χ4n) is 2.98. The zero-order valence-electron chi connectivity index (χ0n) is 13.2. The number of carbonyl (C=O) groups is 1. The van der Waals surface area contributed by atoms with Crippen molar-refractivity contribution >= 4 is 5.91 Å². The van der Waals surface area contributed by atoms with Gasteiger partial charge in [-0.3, -0.25) is 4.79 Å². The molecule has 3 nitrogen and oxygen atoms in total. The summed E-state index contributed by atoms with van der Waals surface area (Å²) < 4.78 is 32.6. The Labute approximate surface area is 135 Å². The van der Waals surface area contributed by atoms with Gasteiger partial charge < -0.3 is 10.1 Å². The zero-order valence-corrected chi connectivity index (χ0v) is 13.2. The molecule has 1 saturated carbocycles. The van der Waals surface area contributed by atoms with Gasteiger partial charge in [0.2, 0.25) is 0 Å². The van der Waals surface area contributed by atoms with Crippen LogP contribution in [0.25, 0.3) is 0 Å². The van der Waals surface area contributed by atoms with Crippen LogP contribution in [0.2, 0.25) is 0 Å². The lowest BCUT2D eigenvalue weighted by Gasteiger charge is -2.28. The monoisotopic (exact) mass is 321 g/mol. The van der Waals surface area contributed by atoms with E-state index in [1.54, 1.807) is 0 Å². The Morgan fingerprint density at radius 1 is 1.35 bits per heavy atom. The van der Waals surface area contributed by atoms with Crippen molar-refractivity contribution in [2.45, 2.75) is 45.1 Å². The van der Waals surface area contributed by atoms with E-state index in [1.807, 2.05) is 6.92 Å². The van der Waals surface area contributed by atoms with Gasteiger partial charge in [0.25, 0.3) is 5.91 Å². The van der Waals surface area contributed by atoms with E-state index < -0.39 is 23.3 Å². The standard InChI is InChI=1S/C18H21F2NO2/c1-3-9-23-17-15(19)10-14(11-16(17)20)18(22)21-12(2)13-7-5-4-6-8-13/h1,10-13H,4-9H2,2H3,(H,21,22)/t12-/m0/s1. The van der Waals surface area contributed by atoms with Crippen molar-refractivity contribution in [1.82, 2.24) is 5.32 Å². The third-order valence-electron chi connectivity index (χ3n) is 4.28.